The zero-order valence-corrected chi connectivity index (χ0v) is 75.4. The largest absolute Gasteiger partial charge is 0.444 e. The Bertz CT molecular complexity index is 3120. The Morgan fingerprint density at radius 2 is 0.680 bits per heavy atom. The molecule has 0 aromatic carbocycles. The molecule has 4 aliphatic carbocycles. The van der Waals surface area contributed by atoms with Crippen molar-refractivity contribution in [3.05, 3.63) is 46.6 Å². The summed E-state index contributed by atoms with van der Waals surface area (Å²) >= 11 is 0. The van der Waals surface area contributed by atoms with E-state index >= 15 is 4.79 Å². The Kier molecular flexibility index (Phi) is 52.7. The lowest BCUT2D eigenvalue weighted by Crippen LogP contribution is -2.51. The number of carbonyl (C=O) groups is 9. The van der Waals surface area contributed by atoms with Crippen LogP contribution in [0.25, 0.3) is 0 Å². The van der Waals surface area contributed by atoms with Gasteiger partial charge in [0.1, 0.15) is 5.60 Å². The maximum Gasteiger partial charge on any atom is 0.407 e. The molecule has 6 rings (SSSR count). The van der Waals surface area contributed by atoms with Gasteiger partial charge in [-0.25, -0.2) is 4.79 Å². The molecule has 33 nitrogen and oxygen atoms in total. The quantitative estimate of drug-likeness (QED) is 0.0375. The SMILES string of the molecule is CCCCOC1C2=CCC[C@@H]1C(=O)NCCN(CCOCCOCCOC)CCNC(=O)[C@@H]1CCC=C(C(=O)NCCN(CCN3CCNC(=O)C4=CCC[C@@H](C(=O)NCCN(CCOCCOCCOC)CCNC(=O)C5CCC=C(C(=O)NC(CCCCNC(=O)OC(C)(C)C)C3)[C@H]5OCCCC)C4OCCCC)CCNC2=O)C1OCCCC. The van der Waals surface area contributed by atoms with Gasteiger partial charge >= 0.3 is 6.09 Å². The topological polar surface area (TPSA) is 376 Å². The predicted molar refractivity (Wildman–Crippen MR) is 466 cm³/mol. The van der Waals surface area contributed by atoms with E-state index in [1.54, 1.807) is 35.0 Å². The molecule has 0 aromatic heterocycles. The molecule has 0 radical (unpaired) electrons. The summed E-state index contributed by atoms with van der Waals surface area (Å²) in [5, 5.41) is 28.6. The Balaban J connectivity index is 1.36. The highest BCUT2D eigenvalue weighted by Crippen LogP contribution is 2.33. The molecule has 2 aliphatic heterocycles. The van der Waals surface area contributed by atoms with Crippen LogP contribution in [0.5, 0.6) is 0 Å². The van der Waals surface area contributed by atoms with E-state index in [0.717, 1.165) is 38.5 Å². The molecule has 2 heterocycles. The number of carbonyl (C=O) groups excluding carboxylic acids is 9. The van der Waals surface area contributed by atoms with Crippen LogP contribution in [0.3, 0.4) is 0 Å². The molecule has 6 aliphatic rings. The minimum absolute atomic E-state index is 0.128. The van der Waals surface area contributed by atoms with Crippen molar-refractivity contribution in [3.8, 4) is 0 Å². The van der Waals surface area contributed by atoms with Crippen molar-refractivity contribution < 1.29 is 95.3 Å². The summed E-state index contributed by atoms with van der Waals surface area (Å²) in [6.45, 7) is 25.4. The second-order valence-corrected chi connectivity index (χ2v) is 33.2. The standard InChI is InChI=1S/C89H155N13O20/c1-10-14-52-118-76-68-25-20-27-70(76)82(105)92-36-43-100(50-56-114-62-64-116-60-58-112-8)44-37-93-83(106)71-28-21-26-69(77(71)119-53-15-11-2)81(104)91-35-42-99(41-34-90-80(68)103)48-49-102-47-40-96-85(108)73-30-22-29-72(78(73)120-54-16-12-3)84(107)94-38-45-101(51-57-115-63-65-117-61-59-113-9)46-39-95-86(109)74-31-23-32-75(79(74)121-55-17-13-4)87(110)98-67(66-102)24-18-19-33-97-88(111)122-89(5,6)7/h25-26,30,32,67,70-72,74,76-79H,10-24,27-29,31,33-66H2,1-9H3,(H,90,103)(H,91,104)(H,92,105)(H,93,106)(H,94,107)(H,95,109)(H,96,108)(H,97,111)(H,98,110)/t67?,70-,71+,72-,74?,76?,77?,78?,79+/m1/s1. The molecule has 9 amide bonds. The van der Waals surface area contributed by atoms with Crippen LogP contribution in [0, 0.1) is 23.7 Å². The fourth-order valence-electron chi connectivity index (χ4n) is 15.7. The monoisotopic (exact) mass is 1730 g/mol. The van der Waals surface area contributed by atoms with Gasteiger partial charge < -0.3 is 100.0 Å². The van der Waals surface area contributed by atoms with Crippen LogP contribution >= 0.6 is 0 Å². The third-order valence-corrected chi connectivity index (χ3v) is 22.6. The fraction of sp³-hybridized carbons (Fsp3) is 0.809. The number of nitrogens with one attached hydrogen (secondary N) is 9. The van der Waals surface area contributed by atoms with Crippen molar-refractivity contribution in [3.63, 3.8) is 0 Å². The number of alkyl carbamates (subject to hydrolysis) is 1. The summed E-state index contributed by atoms with van der Waals surface area (Å²) in [7, 11) is 3.24. The zero-order valence-electron chi connectivity index (χ0n) is 75.4. The van der Waals surface area contributed by atoms with Crippen LogP contribution in [0.1, 0.15) is 170 Å². The summed E-state index contributed by atoms with van der Waals surface area (Å²) < 4.78 is 65.2. The maximum atomic E-state index is 15.5. The zero-order chi connectivity index (χ0) is 88.0. The Morgan fingerprint density at radius 1 is 0.377 bits per heavy atom. The van der Waals surface area contributed by atoms with Crippen LogP contribution in [-0.2, 0) is 90.5 Å². The Morgan fingerprint density at radius 3 is 1.02 bits per heavy atom. The number of methoxy groups -OCH3 is 2. The molecule has 8 bridgehead atoms. The van der Waals surface area contributed by atoms with Crippen LogP contribution < -0.4 is 47.9 Å². The molecule has 0 saturated carbocycles. The van der Waals surface area contributed by atoms with Crippen molar-refractivity contribution in [2.45, 2.75) is 207 Å². The van der Waals surface area contributed by atoms with Crippen molar-refractivity contribution in [2.24, 2.45) is 23.7 Å². The number of hydrogen-bond acceptors (Lipinski definition) is 24. The first-order valence-electron chi connectivity index (χ1n) is 45.9. The Labute approximate surface area is 727 Å². The van der Waals surface area contributed by atoms with Gasteiger partial charge in [0.05, 0.1) is 114 Å². The van der Waals surface area contributed by atoms with Gasteiger partial charge in [0.2, 0.25) is 47.3 Å². The van der Waals surface area contributed by atoms with Crippen LogP contribution in [-0.4, -0.2) is 347 Å². The van der Waals surface area contributed by atoms with Gasteiger partial charge in [-0.1, -0.05) is 77.7 Å². The van der Waals surface area contributed by atoms with E-state index in [4.69, 9.17) is 52.1 Å². The van der Waals surface area contributed by atoms with Gasteiger partial charge in [-0.3, -0.25) is 58.0 Å². The average molecular weight is 1730 g/mol. The second kappa shape index (κ2) is 61.7. The van der Waals surface area contributed by atoms with E-state index < -0.39 is 65.8 Å². The summed E-state index contributed by atoms with van der Waals surface area (Å²) in [5.41, 5.74) is 0.766. The molecule has 9 atom stereocenters. The Hall–Kier alpha value is -6.57. The number of allylic oxidation sites excluding steroid dienone is 4. The number of hydrogen-bond donors (Lipinski definition) is 9. The van der Waals surface area contributed by atoms with Crippen molar-refractivity contribution >= 4 is 53.4 Å². The number of nitrogens with zero attached hydrogens (tertiary/aromatic N) is 4. The van der Waals surface area contributed by atoms with Crippen LogP contribution in [0.15, 0.2) is 46.6 Å². The molecule has 696 valence electrons. The number of ether oxygens (including phenoxy) is 11. The van der Waals surface area contributed by atoms with Crippen molar-refractivity contribution in [2.75, 3.05) is 238 Å². The van der Waals surface area contributed by atoms with Gasteiger partial charge in [-0.15, -0.1) is 0 Å². The molecule has 9 N–H and O–H groups in total. The number of rotatable bonds is 42. The van der Waals surface area contributed by atoms with Gasteiger partial charge in [0, 0.05) is 200 Å². The summed E-state index contributed by atoms with van der Waals surface area (Å²) in [4.78, 5) is 140. The van der Waals surface area contributed by atoms with Crippen LogP contribution in [0.4, 0.5) is 4.79 Å². The first-order valence-corrected chi connectivity index (χ1v) is 45.9. The first-order chi connectivity index (χ1) is 59.2. The van der Waals surface area contributed by atoms with Gasteiger partial charge in [-0.2, -0.15) is 0 Å². The minimum atomic E-state index is -0.874. The highest BCUT2D eigenvalue weighted by molar-refractivity contribution is 5.98. The maximum absolute atomic E-state index is 15.5. The van der Waals surface area contributed by atoms with Crippen molar-refractivity contribution in [1.82, 2.24) is 67.5 Å². The molecular formula is C89H155N13O20. The normalized spacial score (nSPS) is 24.4. The smallest absolute Gasteiger partial charge is 0.407 e. The molecule has 0 aromatic rings. The summed E-state index contributed by atoms with van der Waals surface area (Å²) in [5.74, 6) is -5.10. The lowest BCUT2D eigenvalue weighted by molar-refractivity contribution is -0.132. The molecule has 122 heavy (non-hydrogen) atoms. The van der Waals surface area contributed by atoms with Gasteiger partial charge in [-0.05, 0) is 117 Å². The van der Waals surface area contributed by atoms with Gasteiger partial charge in [0.15, 0.2) is 0 Å². The third kappa shape index (κ3) is 40.0. The third-order valence-electron chi connectivity index (χ3n) is 22.6. The number of amides is 9. The van der Waals surface area contributed by atoms with E-state index in [1.165, 1.54) is 0 Å². The lowest BCUT2D eigenvalue weighted by atomic mass is 9.84. The van der Waals surface area contributed by atoms with E-state index in [1.807, 2.05) is 24.3 Å². The van der Waals surface area contributed by atoms with E-state index in [0.29, 0.717) is 257 Å². The van der Waals surface area contributed by atoms with E-state index in [-0.39, 0.29) is 119 Å². The van der Waals surface area contributed by atoms with Crippen molar-refractivity contribution in [1.29, 1.82) is 0 Å². The molecule has 5 unspecified atom stereocenters. The van der Waals surface area contributed by atoms with Gasteiger partial charge in [0.25, 0.3) is 0 Å². The fourth-order valence-corrected chi connectivity index (χ4v) is 15.7. The summed E-state index contributed by atoms with van der Waals surface area (Å²) in [6, 6.07) is -0.562. The van der Waals surface area contributed by atoms with E-state index in [2.05, 4.69) is 95.1 Å². The molecule has 2 saturated heterocycles. The molecule has 33 heteroatoms. The number of fused-ring (bicyclic) bond motifs is 8. The predicted octanol–water partition coefficient (Wildman–Crippen LogP) is 4.66. The highest BCUT2D eigenvalue weighted by Gasteiger charge is 2.42. The molecule has 0 spiro atoms. The number of unbranched alkanes of at least 4 members (excludes halogenated alkanes) is 5. The summed E-state index contributed by atoms with van der Waals surface area (Å²) in [6.07, 6.45) is 15.0. The first kappa shape index (κ1) is 104. The molecule has 2 fully saturated rings. The highest BCUT2D eigenvalue weighted by atomic mass is 16.6. The molecular weight excluding hydrogens is 1570 g/mol. The van der Waals surface area contributed by atoms with Crippen LogP contribution in [0.2, 0.25) is 0 Å². The average Bonchev–Trinajstić information content (AvgIpc) is 0.955. The lowest BCUT2D eigenvalue weighted by Gasteiger charge is -2.34. The second-order valence-electron chi connectivity index (χ2n) is 33.2. The minimum Gasteiger partial charge on any atom is -0.444 e. The van der Waals surface area contributed by atoms with E-state index in [9.17, 15) is 38.4 Å².